The highest BCUT2D eigenvalue weighted by Crippen LogP contribution is 2.21. The lowest BCUT2D eigenvalue weighted by atomic mass is 10.1. The molecular formula is C18H27ClN2O4. The van der Waals surface area contributed by atoms with E-state index in [-0.39, 0.29) is 24.7 Å². The van der Waals surface area contributed by atoms with Crippen molar-refractivity contribution in [2.75, 3.05) is 47.1 Å². The Labute approximate surface area is 154 Å². The first kappa shape index (κ1) is 20.0. The van der Waals surface area contributed by atoms with Crippen molar-refractivity contribution in [1.82, 2.24) is 10.2 Å². The minimum absolute atomic E-state index is 0.0325. The second-order valence-electron chi connectivity index (χ2n) is 6.45. The summed E-state index contributed by atoms with van der Waals surface area (Å²) in [6.07, 6.45) is 0.741. The van der Waals surface area contributed by atoms with E-state index >= 15 is 0 Å². The van der Waals surface area contributed by atoms with Crippen LogP contribution < -0.4 is 10.1 Å². The van der Waals surface area contributed by atoms with Crippen LogP contribution in [-0.2, 0) is 14.3 Å². The number of hydrogen-bond donors (Lipinski definition) is 1. The lowest BCUT2D eigenvalue weighted by Crippen LogP contribution is -2.52. The molecule has 6 nitrogen and oxygen atoms in total. The second-order valence-corrected chi connectivity index (χ2v) is 6.89. The number of carbonyl (C=O) groups excluding carboxylic acids is 1. The fourth-order valence-corrected chi connectivity index (χ4v) is 2.83. The van der Waals surface area contributed by atoms with Gasteiger partial charge in [0.25, 0.3) is 5.91 Å². The molecule has 2 atom stereocenters. The molecule has 25 heavy (non-hydrogen) atoms. The number of likely N-dealkylation sites (N-methyl/N-ethyl adjacent to an activating group) is 1. The predicted molar refractivity (Wildman–Crippen MR) is 97.3 cm³/mol. The number of benzene rings is 1. The number of aryl methyl sites for hydroxylation is 1. The fourth-order valence-electron chi connectivity index (χ4n) is 2.61. The maximum Gasteiger partial charge on any atom is 0.258 e. The van der Waals surface area contributed by atoms with Crippen LogP contribution in [0.4, 0.5) is 0 Å². The number of rotatable bonds is 8. The minimum atomic E-state index is -0.189. The van der Waals surface area contributed by atoms with Gasteiger partial charge in [-0.1, -0.05) is 11.6 Å². The molecule has 0 bridgehead atoms. The Hall–Kier alpha value is -1.34. The molecule has 7 heteroatoms. The van der Waals surface area contributed by atoms with Crippen LogP contribution in [0.15, 0.2) is 18.2 Å². The standard InChI is InChI=1S/C18H27ClN2O4/c1-13-10-14(19)4-5-16(13)25-12-18(22)20-15-11-23-8-6-17(15)24-9-7-21(2)3/h4-5,10,15,17H,6-9,11-12H2,1-3H3,(H,20,22)/t15-,17+/m1/s1. The molecule has 0 unspecified atom stereocenters. The molecule has 2 rings (SSSR count). The molecule has 0 aliphatic carbocycles. The van der Waals surface area contributed by atoms with Crippen LogP contribution >= 0.6 is 11.6 Å². The van der Waals surface area contributed by atoms with Crippen molar-refractivity contribution in [3.05, 3.63) is 28.8 Å². The maximum absolute atomic E-state index is 12.2. The summed E-state index contributed by atoms with van der Waals surface area (Å²) in [5.41, 5.74) is 0.895. The number of halogens is 1. The number of nitrogens with one attached hydrogen (secondary N) is 1. The van der Waals surface area contributed by atoms with E-state index < -0.39 is 0 Å². The quantitative estimate of drug-likeness (QED) is 0.757. The van der Waals surface area contributed by atoms with Gasteiger partial charge in [0.05, 0.1) is 25.4 Å². The van der Waals surface area contributed by atoms with E-state index in [0.29, 0.717) is 30.6 Å². The molecule has 1 amide bonds. The summed E-state index contributed by atoms with van der Waals surface area (Å²) >= 11 is 5.92. The lowest BCUT2D eigenvalue weighted by molar-refractivity contribution is -0.128. The number of amides is 1. The molecule has 1 aliphatic heterocycles. The first-order valence-corrected chi connectivity index (χ1v) is 8.86. The van der Waals surface area contributed by atoms with Gasteiger partial charge < -0.3 is 24.4 Å². The zero-order valence-corrected chi connectivity index (χ0v) is 15.8. The van der Waals surface area contributed by atoms with Crippen LogP contribution in [-0.4, -0.2) is 70.0 Å². The van der Waals surface area contributed by atoms with Crippen LogP contribution in [0, 0.1) is 6.92 Å². The number of ether oxygens (including phenoxy) is 3. The summed E-state index contributed by atoms with van der Waals surface area (Å²) < 4.78 is 17.0. The summed E-state index contributed by atoms with van der Waals surface area (Å²) in [6, 6.07) is 5.16. The molecule has 1 aromatic rings. The molecule has 140 valence electrons. The Morgan fingerprint density at radius 2 is 2.24 bits per heavy atom. The van der Waals surface area contributed by atoms with Crippen molar-refractivity contribution in [3.63, 3.8) is 0 Å². The molecule has 0 saturated carbocycles. The molecule has 1 aromatic carbocycles. The normalized spacial score (nSPS) is 20.5. The van der Waals surface area contributed by atoms with Crippen molar-refractivity contribution < 1.29 is 19.0 Å². The summed E-state index contributed by atoms with van der Waals surface area (Å²) in [5, 5.41) is 3.60. The first-order valence-electron chi connectivity index (χ1n) is 8.48. The Morgan fingerprint density at radius 3 is 2.96 bits per heavy atom. The molecule has 1 fully saturated rings. The number of hydrogen-bond acceptors (Lipinski definition) is 5. The third-order valence-electron chi connectivity index (χ3n) is 4.01. The molecule has 1 N–H and O–H groups in total. The molecule has 0 spiro atoms. The topological polar surface area (TPSA) is 60.0 Å². The molecule has 0 radical (unpaired) electrons. The SMILES string of the molecule is Cc1cc(Cl)ccc1OCC(=O)N[C@@H]1COCC[C@@H]1OCCN(C)C. The van der Waals surface area contributed by atoms with E-state index in [4.69, 9.17) is 25.8 Å². The van der Waals surface area contributed by atoms with Gasteiger partial charge in [-0.3, -0.25) is 4.79 Å². The summed E-state index contributed by atoms with van der Waals surface area (Å²) in [6.45, 7) is 4.42. The van der Waals surface area contributed by atoms with Gasteiger partial charge in [-0.15, -0.1) is 0 Å². The Bertz CT molecular complexity index is 568. The Kier molecular flexibility index (Phi) is 7.96. The Balaban J connectivity index is 1.80. The van der Waals surface area contributed by atoms with Crippen LogP contribution in [0.1, 0.15) is 12.0 Å². The monoisotopic (exact) mass is 370 g/mol. The average molecular weight is 371 g/mol. The van der Waals surface area contributed by atoms with Crippen molar-refractivity contribution in [1.29, 1.82) is 0 Å². The van der Waals surface area contributed by atoms with Gasteiger partial charge in [-0.05, 0) is 51.2 Å². The van der Waals surface area contributed by atoms with E-state index in [2.05, 4.69) is 10.2 Å². The van der Waals surface area contributed by atoms with Crippen molar-refractivity contribution in [2.24, 2.45) is 0 Å². The first-order chi connectivity index (χ1) is 12.0. The van der Waals surface area contributed by atoms with Crippen LogP contribution in [0.3, 0.4) is 0 Å². The number of nitrogens with zero attached hydrogens (tertiary/aromatic N) is 1. The van der Waals surface area contributed by atoms with Crippen molar-refractivity contribution >= 4 is 17.5 Å². The van der Waals surface area contributed by atoms with Crippen LogP contribution in [0.25, 0.3) is 0 Å². The molecule has 1 aliphatic rings. The van der Waals surface area contributed by atoms with Crippen LogP contribution in [0.5, 0.6) is 5.75 Å². The fraction of sp³-hybridized carbons (Fsp3) is 0.611. The third kappa shape index (κ3) is 6.82. The summed E-state index contributed by atoms with van der Waals surface area (Å²) in [5.74, 6) is 0.462. The van der Waals surface area contributed by atoms with Gasteiger partial charge in [0, 0.05) is 18.2 Å². The van der Waals surface area contributed by atoms with E-state index in [0.717, 1.165) is 18.5 Å². The molecule has 1 saturated heterocycles. The summed E-state index contributed by atoms with van der Waals surface area (Å²) in [7, 11) is 4.01. The van der Waals surface area contributed by atoms with Gasteiger partial charge in [0.2, 0.25) is 0 Å². The van der Waals surface area contributed by atoms with Gasteiger partial charge in [0.1, 0.15) is 5.75 Å². The van der Waals surface area contributed by atoms with E-state index in [9.17, 15) is 4.79 Å². The highest BCUT2D eigenvalue weighted by molar-refractivity contribution is 6.30. The van der Waals surface area contributed by atoms with E-state index in [1.54, 1.807) is 18.2 Å². The highest BCUT2D eigenvalue weighted by Gasteiger charge is 2.28. The smallest absolute Gasteiger partial charge is 0.258 e. The van der Waals surface area contributed by atoms with Crippen molar-refractivity contribution in [2.45, 2.75) is 25.5 Å². The van der Waals surface area contributed by atoms with Gasteiger partial charge in [0.15, 0.2) is 6.61 Å². The van der Waals surface area contributed by atoms with Crippen molar-refractivity contribution in [3.8, 4) is 5.75 Å². The summed E-state index contributed by atoms with van der Waals surface area (Å²) in [4.78, 5) is 14.3. The maximum atomic E-state index is 12.2. The van der Waals surface area contributed by atoms with E-state index in [1.165, 1.54) is 0 Å². The zero-order valence-electron chi connectivity index (χ0n) is 15.1. The second kappa shape index (κ2) is 9.97. The minimum Gasteiger partial charge on any atom is -0.484 e. The van der Waals surface area contributed by atoms with Gasteiger partial charge in [-0.2, -0.15) is 0 Å². The highest BCUT2D eigenvalue weighted by atomic mass is 35.5. The largest absolute Gasteiger partial charge is 0.484 e. The third-order valence-corrected chi connectivity index (χ3v) is 4.24. The molecular weight excluding hydrogens is 344 g/mol. The lowest BCUT2D eigenvalue weighted by Gasteiger charge is -2.32. The van der Waals surface area contributed by atoms with Crippen LogP contribution in [0.2, 0.25) is 5.02 Å². The van der Waals surface area contributed by atoms with Gasteiger partial charge in [-0.25, -0.2) is 0 Å². The van der Waals surface area contributed by atoms with Gasteiger partial charge >= 0.3 is 0 Å². The van der Waals surface area contributed by atoms with E-state index in [1.807, 2.05) is 21.0 Å². The molecule has 0 aromatic heterocycles. The Morgan fingerprint density at radius 1 is 1.44 bits per heavy atom. The molecule has 1 heterocycles. The average Bonchev–Trinajstić information content (AvgIpc) is 2.55. The number of carbonyl (C=O) groups is 1. The predicted octanol–water partition coefficient (Wildman–Crippen LogP) is 1.88. The zero-order chi connectivity index (χ0) is 18.2.